The molecule has 0 spiro atoms. The van der Waals surface area contributed by atoms with E-state index in [-0.39, 0.29) is 18.6 Å². The lowest BCUT2D eigenvalue weighted by atomic mass is 9.97. The Morgan fingerprint density at radius 3 is 2.72 bits per heavy atom. The number of carbonyl (C=O) groups excluding carboxylic acids is 1. The molecule has 5 rings (SSSR count). The Bertz CT molecular complexity index is 1260. The Morgan fingerprint density at radius 2 is 1.97 bits per heavy atom. The molecule has 1 fully saturated rings. The third-order valence-electron chi connectivity index (χ3n) is 6.16. The zero-order valence-electron chi connectivity index (χ0n) is 19.4. The van der Waals surface area contributed by atoms with E-state index in [0.717, 1.165) is 34.8 Å². The van der Waals surface area contributed by atoms with Gasteiger partial charge in [-0.1, -0.05) is 34.4 Å². The summed E-state index contributed by atoms with van der Waals surface area (Å²) >= 11 is 15.7. The molecule has 2 aromatic heterocycles. The summed E-state index contributed by atoms with van der Waals surface area (Å²) in [6, 6.07) is 5.40. The van der Waals surface area contributed by atoms with E-state index in [1.54, 1.807) is 35.9 Å². The van der Waals surface area contributed by atoms with E-state index in [9.17, 15) is 4.79 Å². The van der Waals surface area contributed by atoms with Crippen LogP contribution in [0.5, 0.6) is 5.88 Å². The summed E-state index contributed by atoms with van der Waals surface area (Å²) in [6.45, 7) is 1.28. The summed E-state index contributed by atoms with van der Waals surface area (Å²) in [6.07, 6.45) is 6.99. The lowest BCUT2D eigenvalue weighted by Crippen LogP contribution is -2.40. The number of nitrogens with zero attached hydrogens (tertiary/aromatic N) is 5. The van der Waals surface area contributed by atoms with Crippen molar-refractivity contribution in [3.8, 4) is 5.88 Å². The highest BCUT2D eigenvalue weighted by molar-refractivity contribution is 7.98. The maximum Gasteiger partial charge on any atom is 0.260 e. The van der Waals surface area contributed by atoms with E-state index in [0.29, 0.717) is 46.4 Å². The Morgan fingerprint density at radius 1 is 1.22 bits per heavy atom. The van der Waals surface area contributed by atoms with E-state index >= 15 is 0 Å². The largest absolute Gasteiger partial charge is 0.466 e. The van der Waals surface area contributed by atoms with Crippen molar-refractivity contribution in [2.24, 2.45) is 5.16 Å². The number of benzene rings is 1. The van der Waals surface area contributed by atoms with Crippen LogP contribution in [0.1, 0.15) is 47.5 Å². The topological polar surface area (TPSA) is 89.8 Å². The Kier molecular flexibility index (Phi) is 7.95. The summed E-state index contributed by atoms with van der Waals surface area (Å²) < 4.78 is 5.63. The van der Waals surface area contributed by atoms with Crippen LogP contribution in [0.4, 0.5) is 0 Å². The Hall–Kier alpha value is -2.40. The average Bonchev–Trinajstić information content (AvgIpc) is 3.58. The van der Waals surface area contributed by atoms with Crippen molar-refractivity contribution in [2.45, 2.75) is 36.3 Å². The molecule has 0 radical (unpaired) electrons. The third kappa shape index (κ3) is 5.46. The van der Waals surface area contributed by atoms with Crippen LogP contribution < -0.4 is 4.74 Å². The second-order valence-corrected chi connectivity index (χ2v) is 10.9. The number of thioether (sulfide) groups is 1. The number of ether oxygens (including phenoxy) is 1. The van der Waals surface area contributed by atoms with E-state index in [1.807, 2.05) is 22.6 Å². The fourth-order valence-electron chi connectivity index (χ4n) is 4.26. The molecule has 1 unspecified atom stereocenters. The standard InChI is InChI=1S/C24H23Cl2N5O3S2/c1-35-24-22(27-7-8-28-24)33-12-20(32)31-9-5-14(6-10-31)23-29-18(13-36-23)17-11-19(34-30-17)21-15(25)3-2-4-16(21)26/h2-4,7-8,13-14,19H,5-6,9-12H2,1H3. The number of aromatic nitrogens is 3. The first kappa shape index (κ1) is 25.3. The molecule has 0 saturated carbocycles. The molecular weight excluding hydrogens is 541 g/mol. The zero-order valence-corrected chi connectivity index (χ0v) is 22.5. The molecule has 2 aliphatic rings. The normalized spacial score (nSPS) is 18.1. The molecule has 188 valence electrons. The van der Waals surface area contributed by atoms with Gasteiger partial charge in [-0.3, -0.25) is 4.79 Å². The van der Waals surface area contributed by atoms with Crippen molar-refractivity contribution in [1.29, 1.82) is 0 Å². The van der Waals surface area contributed by atoms with Gasteiger partial charge in [0, 0.05) is 58.8 Å². The smallest absolute Gasteiger partial charge is 0.260 e. The monoisotopic (exact) mass is 563 g/mol. The average molecular weight is 565 g/mol. The van der Waals surface area contributed by atoms with Crippen molar-refractivity contribution in [1.82, 2.24) is 19.9 Å². The highest BCUT2D eigenvalue weighted by Crippen LogP contribution is 2.39. The number of thiazole rings is 1. The number of likely N-dealkylation sites (tertiary alicyclic amines) is 1. The van der Waals surface area contributed by atoms with Gasteiger partial charge < -0.3 is 14.5 Å². The number of piperidine rings is 1. The molecule has 12 heteroatoms. The molecule has 1 amide bonds. The Balaban J connectivity index is 1.14. The second-order valence-electron chi connectivity index (χ2n) is 8.36. The van der Waals surface area contributed by atoms with Gasteiger partial charge in [-0.25, -0.2) is 15.0 Å². The SMILES string of the molecule is CSc1nccnc1OCC(=O)N1CCC(c2nc(C3=NOC(c4c(Cl)cccc4Cl)C3)cs2)CC1. The van der Waals surface area contributed by atoms with Crippen LogP contribution in [0.25, 0.3) is 0 Å². The van der Waals surface area contributed by atoms with E-state index in [1.165, 1.54) is 11.8 Å². The molecule has 2 aliphatic heterocycles. The van der Waals surface area contributed by atoms with Gasteiger partial charge in [0.2, 0.25) is 5.88 Å². The number of halogens is 2. The number of hydrogen-bond acceptors (Lipinski definition) is 9. The van der Waals surface area contributed by atoms with Crippen LogP contribution in [0, 0.1) is 0 Å². The molecule has 1 saturated heterocycles. The molecular formula is C24H23Cl2N5O3S2. The fraction of sp³-hybridized carbons (Fsp3) is 0.375. The van der Waals surface area contributed by atoms with Crippen LogP contribution in [0.3, 0.4) is 0 Å². The third-order valence-corrected chi connectivity index (χ3v) is 8.50. The van der Waals surface area contributed by atoms with E-state index in [2.05, 4.69) is 15.1 Å². The first-order valence-corrected chi connectivity index (χ1v) is 14.3. The summed E-state index contributed by atoms with van der Waals surface area (Å²) in [7, 11) is 0. The number of hydrogen-bond donors (Lipinski definition) is 0. The van der Waals surface area contributed by atoms with Crippen molar-refractivity contribution in [2.75, 3.05) is 26.0 Å². The minimum absolute atomic E-state index is 0.0469. The van der Waals surface area contributed by atoms with E-state index in [4.69, 9.17) is 37.8 Å². The van der Waals surface area contributed by atoms with Crippen LogP contribution >= 0.6 is 46.3 Å². The number of rotatable bonds is 7. The van der Waals surface area contributed by atoms with Gasteiger partial charge in [-0.2, -0.15) is 0 Å². The number of oxime groups is 1. The van der Waals surface area contributed by atoms with Gasteiger partial charge in [0.05, 0.1) is 10.7 Å². The lowest BCUT2D eigenvalue weighted by molar-refractivity contribution is -0.134. The van der Waals surface area contributed by atoms with Crippen molar-refractivity contribution in [3.63, 3.8) is 0 Å². The minimum atomic E-state index is -0.323. The van der Waals surface area contributed by atoms with Crippen molar-refractivity contribution < 1.29 is 14.4 Å². The van der Waals surface area contributed by atoms with Gasteiger partial charge in [0.15, 0.2) is 17.7 Å². The first-order chi connectivity index (χ1) is 17.5. The minimum Gasteiger partial charge on any atom is -0.466 e. The molecule has 0 bridgehead atoms. The van der Waals surface area contributed by atoms with Crippen LogP contribution in [0.2, 0.25) is 10.0 Å². The summed E-state index contributed by atoms with van der Waals surface area (Å²) in [4.78, 5) is 33.4. The van der Waals surface area contributed by atoms with Gasteiger partial charge in [0.25, 0.3) is 5.91 Å². The molecule has 0 N–H and O–H groups in total. The molecule has 1 aromatic carbocycles. The molecule has 3 aromatic rings. The number of amides is 1. The predicted molar refractivity (Wildman–Crippen MR) is 141 cm³/mol. The molecule has 0 aliphatic carbocycles. The van der Waals surface area contributed by atoms with Gasteiger partial charge in [0.1, 0.15) is 5.71 Å². The second kappa shape index (κ2) is 11.3. The first-order valence-electron chi connectivity index (χ1n) is 11.4. The summed E-state index contributed by atoms with van der Waals surface area (Å²) in [5, 5.41) is 9.14. The van der Waals surface area contributed by atoms with Crippen LogP contribution in [0.15, 0.2) is 46.2 Å². The maximum atomic E-state index is 12.7. The van der Waals surface area contributed by atoms with Crippen molar-refractivity contribution >= 4 is 57.9 Å². The predicted octanol–water partition coefficient (Wildman–Crippen LogP) is 5.61. The summed E-state index contributed by atoms with van der Waals surface area (Å²) in [5.74, 6) is 0.641. The molecule has 8 nitrogen and oxygen atoms in total. The highest BCUT2D eigenvalue weighted by Gasteiger charge is 2.30. The Labute approximate surface area is 227 Å². The van der Waals surface area contributed by atoms with E-state index < -0.39 is 0 Å². The molecule has 4 heterocycles. The summed E-state index contributed by atoms with van der Waals surface area (Å²) in [5.41, 5.74) is 2.36. The number of carbonyl (C=O) groups is 1. The zero-order chi connectivity index (χ0) is 25.1. The van der Waals surface area contributed by atoms with Crippen molar-refractivity contribution in [3.05, 3.63) is 62.3 Å². The maximum absolute atomic E-state index is 12.7. The van der Waals surface area contributed by atoms with Gasteiger partial charge in [-0.05, 0) is 31.2 Å². The van der Waals surface area contributed by atoms with Crippen LogP contribution in [-0.4, -0.2) is 57.4 Å². The van der Waals surface area contributed by atoms with Gasteiger partial charge in [-0.15, -0.1) is 23.1 Å². The quantitative estimate of drug-likeness (QED) is 0.345. The van der Waals surface area contributed by atoms with Crippen LogP contribution in [-0.2, 0) is 9.63 Å². The fourth-order valence-corrected chi connectivity index (χ4v) is 6.35. The molecule has 1 atom stereocenters. The lowest BCUT2D eigenvalue weighted by Gasteiger charge is -2.31. The molecule has 36 heavy (non-hydrogen) atoms. The van der Waals surface area contributed by atoms with Gasteiger partial charge >= 0.3 is 0 Å². The highest BCUT2D eigenvalue weighted by atomic mass is 35.5.